The maximum atomic E-state index is 13.2. The van der Waals surface area contributed by atoms with Crippen molar-refractivity contribution in [2.24, 2.45) is 5.92 Å². The third-order valence-corrected chi connectivity index (χ3v) is 7.63. The van der Waals surface area contributed by atoms with E-state index in [0.717, 1.165) is 42.6 Å². The normalized spacial score (nSPS) is 14.7. The Kier molecular flexibility index (Phi) is 9.28. The van der Waals surface area contributed by atoms with Gasteiger partial charge in [0.2, 0.25) is 0 Å². The van der Waals surface area contributed by atoms with Crippen molar-refractivity contribution in [3.05, 3.63) is 48.2 Å². The zero-order valence-corrected chi connectivity index (χ0v) is 22.6. The van der Waals surface area contributed by atoms with E-state index in [9.17, 15) is 19.5 Å². The number of nitrogens with zero attached hydrogens (tertiary/aromatic N) is 2. The van der Waals surface area contributed by atoms with Crippen LogP contribution in [0.4, 0.5) is 5.82 Å². The zero-order chi connectivity index (χ0) is 27.1. The van der Waals surface area contributed by atoms with Gasteiger partial charge in [0, 0.05) is 28.3 Å². The molecule has 1 aliphatic rings. The van der Waals surface area contributed by atoms with E-state index in [-0.39, 0.29) is 30.8 Å². The number of carbonyl (C=O) groups excluding carboxylic acids is 2. The largest absolute Gasteiger partial charge is 0.481 e. The Morgan fingerprint density at radius 2 is 1.89 bits per heavy atom. The fraction of sp³-hybridized carbons (Fsp3) is 0.429. The lowest BCUT2D eigenvalue weighted by Crippen LogP contribution is -2.42. The molecule has 0 aliphatic heterocycles. The van der Waals surface area contributed by atoms with Crippen LogP contribution < -0.4 is 10.6 Å². The highest BCUT2D eigenvalue weighted by Crippen LogP contribution is 2.31. The highest BCUT2D eigenvalue weighted by atomic mass is 32.2. The van der Waals surface area contributed by atoms with E-state index < -0.39 is 12.0 Å². The Hall–Kier alpha value is -3.53. The first-order valence-electron chi connectivity index (χ1n) is 13.0. The SMILES string of the molecule is CCOC(=O)CNc1c(-c2ccc(SC)cc2)nc2cc(C(=O)NC(CC(=O)O)C3CCCCC3)ccn12. The summed E-state index contributed by atoms with van der Waals surface area (Å²) in [6, 6.07) is 10.9. The van der Waals surface area contributed by atoms with E-state index in [1.54, 1.807) is 41.4 Å². The number of pyridine rings is 1. The molecule has 1 atom stereocenters. The summed E-state index contributed by atoms with van der Waals surface area (Å²) in [5, 5.41) is 15.6. The van der Waals surface area contributed by atoms with E-state index in [1.807, 2.05) is 30.5 Å². The molecule has 4 rings (SSSR count). The van der Waals surface area contributed by atoms with Crippen LogP contribution in [0.25, 0.3) is 16.9 Å². The van der Waals surface area contributed by atoms with E-state index in [1.165, 1.54) is 0 Å². The summed E-state index contributed by atoms with van der Waals surface area (Å²) in [7, 11) is 0. The van der Waals surface area contributed by atoms with Crippen molar-refractivity contribution in [3.63, 3.8) is 0 Å². The van der Waals surface area contributed by atoms with Crippen molar-refractivity contribution in [2.75, 3.05) is 24.7 Å². The molecule has 1 saturated carbocycles. The number of esters is 1. The standard InChI is InChI=1S/C28H34N4O5S/c1-3-37-25(35)17-29-27-26(19-9-11-21(38-2)12-10-19)31-23-15-20(13-14-32(23)27)28(36)30-22(16-24(33)34)18-7-5-4-6-8-18/h9-15,18,22,29H,3-8,16-17H2,1-2H3,(H,30,36)(H,33,34). The molecule has 38 heavy (non-hydrogen) atoms. The van der Waals surface area contributed by atoms with Gasteiger partial charge >= 0.3 is 11.9 Å². The molecule has 3 N–H and O–H groups in total. The van der Waals surface area contributed by atoms with Gasteiger partial charge in [-0.05, 0) is 56.2 Å². The Morgan fingerprint density at radius 1 is 1.16 bits per heavy atom. The van der Waals surface area contributed by atoms with Gasteiger partial charge in [-0.2, -0.15) is 0 Å². The first kappa shape index (κ1) is 27.5. The van der Waals surface area contributed by atoms with Crippen LogP contribution in [0.3, 0.4) is 0 Å². The third kappa shape index (κ3) is 6.66. The second-order valence-corrected chi connectivity index (χ2v) is 10.3. The van der Waals surface area contributed by atoms with Crippen LogP contribution in [0.2, 0.25) is 0 Å². The average Bonchev–Trinajstić information content (AvgIpc) is 3.29. The highest BCUT2D eigenvalue weighted by molar-refractivity contribution is 7.98. The molecule has 0 saturated heterocycles. The summed E-state index contributed by atoms with van der Waals surface area (Å²) in [4.78, 5) is 42.7. The average molecular weight is 539 g/mol. The van der Waals surface area contributed by atoms with Crippen LogP contribution in [-0.2, 0) is 14.3 Å². The van der Waals surface area contributed by atoms with E-state index in [2.05, 4.69) is 10.6 Å². The molecule has 3 aromatic rings. The number of anilines is 1. The van der Waals surface area contributed by atoms with Crippen LogP contribution in [0, 0.1) is 5.92 Å². The van der Waals surface area contributed by atoms with Crippen LogP contribution in [0.1, 0.15) is 55.8 Å². The van der Waals surface area contributed by atoms with Crippen molar-refractivity contribution < 1.29 is 24.2 Å². The van der Waals surface area contributed by atoms with Crippen molar-refractivity contribution >= 4 is 41.1 Å². The molecular formula is C28H34N4O5S. The fourth-order valence-electron chi connectivity index (χ4n) is 4.98. The second-order valence-electron chi connectivity index (χ2n) is 9.42. The molecule has 2 heterocycles. The Balaban J connectivity index is 1.64. The molecule has 0 spiro atoms. The molecule has 0 bridgehead atoms. The van der Waals surface area contributed by atoms with Crippen molar-refractivity contribution in [1.29, 1.82) is 0 Å². The summed E-state index contributed by atoms with van der Waals surface area (Å²) in [6.07, 6.45) is 8.75. The Bertz CT molecular complexity index is 1280. The van der Waals surface area contributed by atoms with E-state index in [4.69, 9.17) is 9.72 Å². The number of hydrogen-bond acceptors (Lipinski definition) is 7. The summed E-state index contributed by atoms with van der Waals surface area (Å²) >= 11 is 1.64. The number of thioether (sulfide) groups is 1. The molecule has 0 radical (unpaired) electrons. The van der Waals surface area contributed by atoms with Gasteiger partial charge < -0.3 is 20.5 Å². The minimum Gasteiger partial charge on any atom is -0.481 e. The number of rotatable bonds is 11. The number of nitrogens with one attached hydrogen (secondary N) is 2. The van der Waals surface area contributed by atoms with Crippen molar-refractivity contribution in [1.82, 2.24) is 14.7 Å². The molecule has 10 heteroatoms. The number of aromatic nitrogens is 2. The number of carboxylic acid groups (broad SMARTS) is 1. The van der Waals surface area contributed by atoms with Crippen LogP contribution in [0.5, 0.6) is 0 Å². The summed E-state index contributed by atoms with van der Waals surface area (Å²) in [6.45, 7) is 2.02. The van der Waals surface area contributed by atoms with Gasteiger partial charge in [-0.15, -0.1) is 11.8 Å². The first-order valence-corrected chi connectivity index (χ1v) is 14.2. The second kappa shape index (κ2) is 12.8. The molecular weight excluding hydrogens is 504 g/mol. The lowest BCUT2D eigenvalue weighted by Gasteiger charge is -2.30. The van der Waals surface area contributed by atoms with E-state index in [0.29, 0.717) is 29.3 Å². The smallest absolute Gasteiger partial charge is 0.325 e. The van der Waals surface area contributed by atoms with Gasteiger partial charge in [0.15, 0.2) is 0 Å². The van der Waals surface area contributed by atoms with Gasteiger partial charge in [0.25, 0.3) is 5.91 Å². The fourth-order valence-corrected chi connectivity index (χ4v) is 5.39. The summed E-state index contributed by atoms with van der Waals surface area (Å²) in [5.74, 6) is -0.844. The summed E-state index contributed by atoms with van der Waals surface area (Å²) in [5.41, 5.74) is 2.43. The highest BCUT2D eigenvalue weighted by Gasteiger charge is 2.28. The first-order chi connectivity index (χ1) is 18.4. The molecule has 1 aromatic carbocycles. The predicted octanol–water partition coefficient (Wildman–Crippen LogP) is 4.85. The van der Waals surface area contributed by atoms with Crippen LogP contribution >= 0.6 is 11.8 Å². The van der Waals surface area contributed by atoms with Gasteiger partial charge in [-0.1, -0.05) is 31.4 Å². The molecule has 1 aliphatic carbocycles. The molecule has 202 valence electrons. The number of hydrogen-bond donors (Lipinski definition) is 3. The lowest BCUT2D eigenvalue weighted by molar-refractivity contribution is -0.141. The number of ether oxygens (including phenoxy) is 1. The van der Waals surface area contributed by atoms with Crippen molar-refractivity contribution in [2.45, 2.75) is 56.4 Å². The van der Waals surface area contributed by atoms with Crippen molar-refractivity contribution in [3.8, 4) is 11.3 Å². The van der Waals surface area contributed by atoms with Crippen LogP contribution in [-0.4, -0.2) is 57.8 Å². The monoisotopic (exact) mass is 538 g/mol. The summed E-state index contributed by atoms with van der Waals surface area (Å²) < 4.78 is 6.86. The number of aliphatic carboxylic acids is 1. The van der Waals surface area contributed by atoms with E-state index >= 15 is 0 Å². The van der Waals surface area contributed by atoms with Gasteiger partial charge in [0.05, 0.1) is 13.0 Å². The quantitative estimate of drug-likeness (QED) is 0.234. The minimum absolute atomic E-state index is 0.0297. The topological polar surface area (TPSA) is 122 Å². The minimum atomic E-state index is -0.918. The number of benzene rings is 1. The Labute approximate surface area is 226 Å². The zero-order valence-electron chi connectivity index (χ0n) is 21.7. The Morgan fingerprint density at radius 3 is 2.55 bits per heavy atom. The van der Waals surface area contributed by atoms with Gasteiger partial charge in [0.1, 0.15) is 23.7 Å². The number of amides is 1. The number of imidazole rings is 1. The molecule has 9 nitrogen and oxygen atoms in total. The number of carbonyl (C=O) groups is 3. The third-order valence-electron chi connectivity index (χ3n) is 6.89. The predicted molar refractivity (Wildman–Crippen MR) is 148 cm³/mol. The maximum absolute atomic E-state index is 13.2. The molecule has 1 unspecified atom stereocenters. The molecule has 1 amide bonds. The number of fused-ring (bicyclic) bond motifs is 1. The molecule has 2 aromatic heterocycles. The lowest BCUT2D eigenvalue weighted by atomic mass is 9.82. The molecule has 1 fully saturated rings. The number of carboxylic acids is 1. The van der Waals surface area contributed by atoms with Gasteiger partial charge in [-0.25, -0.2) is 4.98 Å². The van der Waals surface area contributed by atoms with Crippen LogP contribution in [0.15, 0.2) is 47.5 Å². The van der Waals surface area contributed by atoms with Gasteiger partial charge in [-0.3, -0.25) is 18.8 Å². The maximum Gasteiger partial charge on any atom is 0.325 e.